The van der Waals surface area contributed by atoms with Crippen molar-refractivity contribution < 1.29 is 23.9 Å². The second-order valence-corrected chi connectivity index (χ2v) is 12.4. The number of aldehydes is 1. The van der Waals surface area contributed by atoms with Gasteiger partial charge < -0.3 is 19.2 Å². The molecule has 2 heterocycles. The number of thioether (sulfide) groups is 1. The van der Waals surface area contributed by atoms with Crippen molar-refractivity contribution in [3.8, 4) is 5.75 Å². The highest BCUT2D eigenvalue weighted by atomic mass is 32.2. The van der Waals surface area contributed by atoms with Gasteiger partial charge in [-0.1, -0.05) is 72.8 Å². The Morgan fingerprint density at radius 2 is 1.60 bits per heavy atom. The van der Waals surface area contributed by atoms with Crippen LogP contribution in [0.4, 0.5) is 0 Å². The molecule has 8 heteroatoms. The highest BCUT2D eigenvalue weighted by Crippen LogP contribution is 2.42. The number of rotatable bonds is 13. The lowest BCUT2D eigenvalue weighted by molar-refractivity contribution is -0.147. The number of carbonyl (C=O) groups excluding carboxylic acids is 3. The lowest BCUT2D eigenvalue weighted by Crippen LogP contribution is -2.52. The van der Waals surface area contributed by atoms with E-state index in [1.807, 2.05) is 60.9 Å². The van der Waals surface area contributed by atoms with Crippen LogP contribution < -0.4 is 4.74 Å². The summed E-state index contributed by atoms with van der Waals surface area (Å²) >= 11 is 1.62. The molecule has 0 bridgehead atoms. The molecule has 2 aliphatic heterocycles. The highest BCUT2D eigenvalue weighted by molar-refractivity contribution is 7.98. The third kappa shape index (κ3) is 8.27. The second kappa shape index (κ2) is 15.2. The number of benzene rings is 3. The van der Waals surface area contributed by atoms with Crippen molar-refractivity contribution in [2.75, 3.05) is 45.6 Å². The van der Waals surface area contributed by atoms with E-state index in [2.05, 4.69) is 29.2 Å². The van der Waals surface area contributed by atoms with E-state index < -0.39 is 5.92 Å². The van der Waals surface area contributed by atoms with Crippen LogP contribution in [0, 0.1) is 11.8 Å². The molecule has 0 aromatic heterocycles. The quantitative estimate of drug-likeness (QED) is 0.193. The Morgan fingerprint density at radius 3 is 2.28 bits per heavy atom. The van der Waals surface area contributed by atoms with Crippen molar-refractivity contribution in [1.29, 1.82) is 0 Å². The SMILES string of the molecule is CSC(c1ccccc1)C(C(=O)OCC1CCN(Cc2ccccc2)CC1)c1cccc(OCC(=O)N2CC(C=O)C2)c1. The number of nitrogens with zero attached hydrogens (tertiary/aromatic N) is 2. The monoisotopic (exact) mass is 600 g/mol. The molecular weight excluding hydrogens is 560 g/mol. The fraction of sp³-hybridized carbons (Fsp3) is 0.400. The number of esters is 1. The molecule has 43 heavy (non-hydrogen) atoms. The van der Waals surface area contributed by atoms with E-state index in [4.69, 9.17) is 9.47 Å². The molecule has 5 rings (SSSR count). The minimum absolute atomic E-state index is 0.0812. The Balaban J connectivity index is 1.23. The zero-order chi connectivity index (χ0) is 30.0. The minimum Gasteiger partial charge on any atom is -0.484 e. The Hall–Kier alpha value is -3.62. The predicted molar refractivity (Wildman–Crippen MR) is 169 cm³/mol. The molecule has 2 atom stereocenters. The maximum absolute atomic E-state index is 13.9. The van der Waals surface area contributed by atoms with Crippen LogP contribution in [-0.4, -0.2) is 73.6 Å². The van der Waals surface area contributed by atoms with Gasteiger partial charge in [-0.15, -0.1) is 0 Å². The van der Waals surface area contributed by atoms with Crippen molar-refractivity contribution in [2.24, 2.45) is 11.8 Å². The van der Waals surface area contributed by atoms with Crippen LogP contribution >= 0.6 is 11.8 Å². The van der Waals surface area contributed by atoms with Crippen molar-refractivity contribution in [3.05, 3.63) is 102 Å². The van der Waals surface area contributed by atoms with Gasteiger partial charge in [0.25, 0.3) is 5.91 Å². The standard InChI is InChI=1S/C35H40N2O5S/c1-43-34(29-11-6-3-7-12-29)33(30-13-8-14-31(19-30)41-25-32(39)37-21-28(22-37)23-38)35(40)42-24-27-15-17-36(18-16-27)20-26-9-4-2-5-10-26/h2-14,19,23,27-28,33-34H,15-18,20-22,24-25H2,1H3. The number of likely N-dealkylation sites (tertiary alicyclic amines) is 2. The van der Waals surface area contributed by atoms with Crippen molar-refractivity contribution in [1.82, 2.24) is 9.80 Å². The molecule has 2 saturated heterocycles. The molecule has 3 aromatic carbocycles. The molecule has 2 unspecified atom stereocenters. The van der Waals surface area contributed by atoms with Crippen LogP contribution in [0.25, 0.3) is 0 Å². The second-order valence-electron chi connectivity index (χ2n) is 11.4. The number of piperidine rings is 1. The molecular formula is C35H40N2O5S. The third-order valence-electron chi connectivity index (χ3n) is 8.39. The van der Waals surface area contributed by atoms with Crippen LogP contribution in [0.5, 0.6) is 5.75 Å². The van der Waals surface area contributed by atoms with E-state index in [0.29, 0.717) is 31.4 Å². The first-order valence-corrected chi connectivity index (χ1v) is 16.3. The summed E-state index contributed by atoms with van der Waals surface area (Å²) in [6, 6.07) is 28.0. The largest absolute Gasteiger partial charge is 0.484 e. The average molecular weight is 601 g/mol. The summed E-state index contributed by atoms with van der Waals surface area (Å²) in [4.78, 5) is 41.3. The number of carbonyl (C=O) groups is 3. The Morgan fingerprint density at radius 1 is 0.930 bits per heavy atom. The Kier molecular flexibility index (Phi) is 10.9. The molecule has 0 N–H and O–H groups in total. The molecule has 2 fully saturated rings. The molecule has 2 aliphatic rings. The fourth-order valence-corrected chi connectivity index (χ4v) is 6.79. The van der Waals surface area contributed by atoms with Crippen LogP contribution in [0.3, 0.4) is 0 Å². The first kappa shape index (κ1) is 30.8. The molecule has 0 aliphatic carbocycles. The summed E-state index contributed by atoms with van der Waals surface area (Å²) < 4.78 is 11.9. The maximum Gasteiger partial charge on any atom is 0.314 e. The molecule has 0 saturated carbocycles. The Bertz CT molecular complexity index is 1340. The van der Waals surface area contributed by atoms with Gasteiger partial charge in [0.05, 0.1) is 12.5 Å². The molecule has 3 aromatic rings. The van der Waals surface area contributed by atoms with Gasteiger partial charge in [0, 0.05) is 30.8 Å². The van der Waals surface area contributed by atoms with Crippen LogP contribution in [0.2, 0.25) is 0 Å². The zero-order valence-corrected chi connectivity index (χ0v) is 25.5. The normalized spacial score (nSPS) is 17.5. The number of ether oxygens (including phenoxy) is 2. The molecule has 1 amide bonds. The summed E-state index contributed by atoms with van der Waals surface area (Å²) in [5.41, 5.74) is 3.16. The van der Waals surface area contributed by atoms with E-state index in [0.717, 1.165) is 49.9 Å². The number of amides is 1. The number of hydrogen-bond donors (Lipinski definition) is 0. The van der Waals surface area contributed by atoms with Gasteiger partial charge in [-0.25, -0.2) is 0 Å². The van der Waals surface area contributed by atoms with E-state index >= 15 is 0 Å². The molecule has 0 radical (unpaired) electrons. The van der Waals surface area contributed by atoms with Crippen molar-refractivity contribution in [2.45, 2.75) is 30.6 Å². The molecule has 226 valence electrons. The van der Waals surface area contributed by atoms with Gasteiger partial charge >= 0.3 is 5.97 Å². The number of hydrogen-bond acceptors (Lipinski definition) is 7. The van der Waals surface area contributed by atoms with Crippen LogP contribution in [0.1, 0.15) is 40.7 Å². The summed E-state index contributed by atoms with van der Waals surface area (Å²) in [6.07, 6.45) is 4.89. The molecule has 7 nitrogen and oxygen atoms in total. The Labute approximate surface area is 258 Å². The third-order valence-corrected chi connectivity index (χ3v) is 9.44. The van der Waals surface area contributed by atoms with Gasteiger partial charge in [-0.05, 0) is 66.9 Å². The first-order chi connectivity index (χ1) is 21.0. The van der Waals surface area contributed by atoms with E-state index in [1.165, 1.54) is 5.56 Å². The van der Waals surface area contributed by atoms with E-state index in [1.54, 1.807) is 22.7 Å². The summed E-state index contributed by atoms with van der Waals surface area (Å²) in [6.45, 7) is 4.11. The fourth-order valence-electron chi connectivity index (χ4n) is 5.82. The minimum atomic E-state index is -0.543. The van der Waals surface area contributed by atoms with Gasteiger partial charge in [0.2, 0.25) is 0 Å². The smallest absolute Gasteiger partial charge is 0.314 e. The van der Waals surface area contributed by atoms with Gasteiger partial charge in [0.1, 0.15) is 12.0 Å². The van der Waals surface area contributed by atoms with E-state index in [9.17, 15) is 14.4 Å². The predicted octanol–water partition coefficient (Wildman–Crippen LogP) is 5.37. The van der Waals surface area contributed by atoms with Crippen molar-refractivity contribution >= 4 is 29.9 Å². The molecule has 0 spiro atoms. The van der Waals surface area contributed by atoms with Crippen LogP contribution in [-0.2, 0) is 25.7 Å². The summed E-state index contributed by atoms with van der Waals surface area (Å²) in [7, 11) is 0. The zero-order valence-electron chi connectivity index (χ0n) is 24.7. The average Bonchev–Trinajstić information content (AvgIpc) is 3.02. The lowest BCUT2D eigenvalue weighted by atomic mass is 9.91. The lowest BCUT2D eigenvalue weighted by Gasteiger charge is -2.35. The van der Waals surface area contributed by atoms with Crippen molar-refractivity contribution in [3.63, 3.8) is 0 Å². The summed E-state index contributed by atoms with van der Waals surface area (Å²) in [5, 5.41) is -0.153. The van der Waals surface area contributed by atoms with Gasteiger partial charge in [0.15, 0.2) is 6.61 Å². The van der Waals surface area contributed by atoms with Gasteiger partial charge in [-0.3, -0.25) is 14.5 Å². The summed E-state index contributed by atoms with van der Waals surface area (Å²) in [5.74, 6) is -0.165. The maximum atomic E-state index is 13.9. The van der Waals surface area contributed by atoms with Crippen LogP contribution in [0.15, 0.2) is 84.9 Å². The first-order valence-electron chi connectivity index (χ1n) is 15.0. The van der Waals surface area contributed by atoms with Gasteiger partial charge in [-0.2, -0.15) is 11.8 Å². The topological polar surface area (TPSA) is 76.2 Å². The van der Waals surface area contributed by atoms with E-state index in [-0.39, 0.29) is 29.7 Å². The highest BCUT2D eigenvalue weighted by Gasteiger charge is 2.34.